The number of para-hydroxylation sites is 2. The van der Waals surface area contributed by atoms with Crippen LogP contribution in [0, 0.1) is 11.3 Å². The van der Waals surface area contributed by atoms with Crippen molar-refractivity contribution in [2.24, 2.45) is 4.99 Å². The van der Waals surface area contributed by atoms with Gasteiger partial charge in [-0.3, -0.25) is 4.99 Å². The van der Waals surface area contributed by atoms with Crippen LogP contribution >= 0.6 is 24.0 Å². The molecule has 1 saturated heterocycles. The second-order valence-corrected chi connectivity index (χ2v) is 7.88. The van der Waals surface area contributed by atoms with Gasteiger partial charge in [-0.2, -0.15) is 5.26 Å². The molecule has 2 aromatic carbocycles. The quantitative estimate of drug-likeness (QED) is 0.356. The fraction of sp³-hybridized carbons (Fsp3) is 0.417. The minimum atomic E-state index is 0. The van der Waals surface area contributed by atoms with Gasteiger partial charge in [-0.15, -0.1) is 24.0 Å². The first kappa shape index (κ1) is 23.2. The highest BCUT2D eigenvalue weighted by Gasteiger charge is 2.24. The number of aliphatic imine (C=N–C) groups is 1. The molecule has 0 amide bonds. The van der Waals surface area contributed by atoms with E-state index in [0.29, 0.717) is 12.0 Å². The molecule has 0 spiro atoms. The number of nitrogens with one attached hydrogen (secondary N) is 2. The Hall–Kier alpha value is -2.47. The van der Waals surface area contributed by atoms with Crippen molar-refractivity contribution < 1.29 is 4.74 Å². The molecule has 164 valence electrons. The second-order valence-electron chi connectivity index (χ2n) is 7.88. The number of benzene rings is 2. The number of hydrogen-bond acceptors (Lipinski definition) is 4. The molecule has 2 heterocycles. The summed E-state index contributed by atoms with van der Waals surface area (Å²) < 4.78 is 5.78. The third kappa shape index (κ3) is 5.62. The molecule has 2 N–H and O–H groups in total. The number of anilines is 1. The Labute approximate surface area is 201 Å². The SMILES string of the molecule is CN=C(NCC1CCOc2ccccc21)NC1CCCN(c2ccccc2C#N)C1.I. The molecule has 2 aliphatic rings. The summed E-state index contributed by atoms with van der Waals surface area (Å²) in [6.07, 6.45) is 3.18. The third-order valence-corrected chi connectivity index (χ3v) is 5.95. The maximum absolute atomic E-state index is 9.43. The summed E-state index contributed by atoms with van der Waals surface area (Å²) in [5.74, 6) is 2.25. The molecule has 2 aromatic rings. The van der Waals surface area contributed by atoms with Gasteiger partial charge in [0, 0.05) is 38.6 Å². The zero-order valence-corrected chi connectivity index (χ0v) is 20.2. The number of ether oxygens (including phenoxy) is 1. The summed E-state index contributed by atoms with van der Waals surface area (Å²) in [6, 6.07) is 18.7. The van der Waals surface area contributed by atoms with Gasteiger partial charge in [-0.1, -0.05) is 30.3 Å². The standard InChI is InChI=1S/C24H29N5O.HI/c1-26-24(27-16-19-12-14-30-23-11-5-3-9-21(19)23)28-20-8-6-13-29(17-20)22-10-4-2-7-18(22)15-25;/h2-5,7,9-11,19-20H,6,8,12-14,16-17H2,1H3,(H2,26,27,28);1H. The van der Waals surface area contributed by atoms with Crippen molar-refractivity contribution >= 4 is 35.6 Å². The van der Waals surface area contributed by atoms with Crippen LogP contribution in [0.5, 0.6) is 5.75 Å². The topological polar surface area (TPSA) is 72.7 Å². The number of piperidine rings is 1. The van der Waals surface area contributed by atoms with Gasteiger partial charge in [-0.05, 0) is 43.0 Å². The largest absolute Gasteiger partial charge is 0.493 e. The van der Waals surface area contributed by atoms with Gasteiger partial charge >= 0.3 is 0 Å². The Balaban J connectivity index is 0.00000272. The molecule has 7 heteroatoms. The van der Waals surface area contributed by atoms with Gasteiger partial charge < -0.3 is 20.3 Å². The molecule has 2 atom stereocenters. The van der Waals surface area contributed by atoms with E-state index in [1.54, 1.807) is 0 Å². The Bertz CT molecular complexity index is 942. The lowest BCUT2D eigenvalue weighted by Gasteiger charge is -2.36. The summed E-state index contributed by atoms with van der Waals surface area (Å²) in [5, 5.41) is 16.5. The Morgan fingerprint density at radius 1 is 1.19 bits per heavy atom. The zero-order valence-electron chi connectivity index (χ0n) is 17.9. The highest BCUT2D eigenvalue weighted by molar-refractivity contribution is 14.0. The molecule has 0 radical (unpaired) electrons. The van der Waals surface area contributed by atoms with Crippen LogP contribution in [0.25, 0.3) is 0 Å². The lowest BCUT2D eigenvalue weighted by atomic mass is 9.93. The van der Waals surface area contributed by atoms with Crippen LogP contribution in [-0.2, 0) is 0 Å². The maximum Gasteiger partial charge on any atom is 0.191 e. The van der Waals surface area contributed by atoms with Gasteiger partial charge in [0.1, 0.15) is 11.8 Å². The highest BCUT2D eigenvalue weighted by atomic mass is 127. The van der Waals surface area contributed by atoms with E-state index in [0.717, 1.165) is 68.5 Å². The van der Waals surface area contributed by atoms with E-state index in [1.165, 1.54) is 5.56 Å². The van der Waals surface area contributed by atoms with E-state index >= 15 is 0 Å². The van der Waals surface area contributed by atoms with Crippen molar-refractivity contribution in [1.82, 2.24) is 10.6 Å². The smallest absolute Gasteiger partial charge is 0.191 e. The van der Waals surface area contributed by atoms with Gasteiger partial charge in [0.15, 0.2) is 5.96 Å². The minimum Gasteiger partial charge on any atom is -0.493 e. The summed E-state index contributed by atoms with van der Waals surface area (Å²) in [5.41, 5.74) is 3.02. The summed E-state index contributed by atoms with van der Waals surface area (Å²) in [4.78, 5) is 6.75. The highest BCUT2D eigenvalue weighted by Crippen LogP contribution is 2.32. The number of guanidine groups is 1. The molecule has 0 bridgehead atoms. The predicted molar refractivity (Wildman–Crippen MR) is 136 cm³/mol. The van der Waals surface area contributed by atoms with Crippen LogP contribution in [0.3, 0.4) is 0 Å². The lowest BCUT2D eigenvalue weighted by Crippen LogP contribution is -2.52. The van der Waals surface area contributed by atoms with E-state index in [1.807, 2.05) is 43.4 Å². The van der Waals surface area contributed by atoms with E-state index in [-0.39, 0.29) is 24.0 Å². The van der Waals surface area contributed by atoms with Crippen LogP contribution in [-0.4, -0.2) is 45.3 Å². The van der Waals surface area contributed by atoms with Crippen LogP contribution in [0.4, 0.5) is 5.69 Å². The first-order valence-electron chi connectivity index (χ1n) is 10.7. The number of nitriles is 1. The molecule has 0 aromatic heterocycles. The average molecular weight is 531 g/mol. The summed E-state index contributed by atoms with van der Waals surface area (Å²) in [7, 11) is 1.82. The molecule has 0 saturated carbocycles. The van der Waals surface area contributed by atoms with E-state index in [4.69, 9.17) is 4.74 Å². The number of hydrogen-bond donors (Lipinski definition) is 2. The first-order chi connectivity index (χ1) is 14.8. The molecule has 2 unspecified atom stereocenters. The average Bonchev–Trinajstić information content (AvgIpc) is 2.81. The van der Waals surface area contributed by atoms with Crippen molar-refractivity contribution in [3.63, 3.8) is 0 Å². The van der Waals surface area contributed by atoms with Crippen LogP contribution in [0.15, 0.2) is 53.5 Å². The summed E-state index contributed by atoms with van der Waals surface area (Å²) >= 11 is 0. The van der Waals surface area contributed by atoms with Crippen molar-refractivity contribution in [1.29, 1.82) is 5.26 Å². The van der Waals surface area contributed by atoms with Crippen LogP contribution in [0.1, 0.15) is 36.3 Å². The maximum atomic E-state index is 9.43. The molecule has 2 aliphatic heterocycles. The Morgan fingerprint density at radius 3 is 2.84 bits per heavy atom. The normalized spacial score (nSPS) is 20.5. The number of halogens is 1. The van der Waals surface area contributed by atoms with Gasteiger partial charge in [0.2, 0.25) is 0 Å². The molecule has 0 aliphatic carbocycles. The summed E-state index contributed by atoms with van der Waals surface area (Å²) in [6.45, 7) is 3.42. The van der Waals surface area contributed by atoms with Crippen LogP contribution < -0.4 is 20.3 Å². The Kier molecular flexibility index (Phi) is 8.41. The Morgan fingerprint density at radius 2 is 2.00 bits per heavy atom. The molecule has 1 fully saturated rings. The number of nitrogens with zero attached hydrogens (tertiary/aromatic N) is 3. The second kappa shape index (κ2) is 11.2. The fourth-order valence-corrected chi connectivity index (χ4v) is 4.39. The van der Waals surface area contributed by atoms with Gasteiger partial charge in [-0.25, -0.2) is 0 Å². The van der Waals surface area contributed by atoms with Crippen LogP contribution in [0.2, 0.25) is 0 Å². The van der Waals surface area contributed by atoms with E-state index in [9.17, 15) is 5.26 Å². The lowest BCUT2D eigenvalue weighted by molar-refractivity contribution is 0.267. The molecule has 6 nitrogen and oxygen atoms in total. The fourth-order valence-electron chi connectivity index (χ4n) is 4.39. The van der Waals surface area contributed by atoms with Gasteiger partial charge in [0.25, 0.3) is 0 Å². The van der Waals surface area contributed by atoms with Crippen molar-refractivity contribution in [2.75, 3.05) is 38.2 Å². The van der Waals surface area contributed by atoms with E-state index in [2.05, 4.69) is 38.7 Å². The molecular formula is C24H30IN5O. The van der Waals surface area contributed by atoms with E-state index < -0.39 is 0 Å². The number of rotatable bonds is 4. The molecule has 31 heavy (non-hydrogen) atoms. The number of fused-ring (bicyclic) bond motifs is 1. The van der Waals surface area contributed by atoms with Crippen molar-refractivity contribution in [2.45, 2.75) is 31.2 Å². The predicted octanol–water partition coefficient (Wildman–Crippen LogP) is 3.88. The van der Waals surface area contributed by atoms with Crippen molar-refractivity contribution in [3.05, 3.63) is 59.7 Å². The van der Waals surface area contributed by atoms with Crippen molar-refractivity contribution in [3.8, 4) is 11.8 Å². The zero-order chi connectivity index (χ0) is 20.8. The van der Waals surface area contributed by atoms with Gasteiger partial charge in [0.05, 0.1) is 17.9 Å². The molecule has 4 rings (SSSR count). The third-order valence-electron chi connectivity index (χ3n) is 5.95. The monoisotopic (exact) mass is 531 g/mol. The first-order valence-corrected chi connectivity index (χ1v) is 10.7. The molecular weight excluding hydrogens is 501 g/mol. The minimum absolute atomic E-state index is 0.